The van der Waals surface area contributed by atoms with E-state index in [1.165, 1.54) is 193 Å². The second-order valence-electron chi connectivity index (χ2n) is 21.5. The van der Waals surface area contributed by atoms with E-state index in [1.807, 2.05) is 39.4 Å². The standard InChI is InChI=1S/C60H115N2O7P/c1-7-10-13-16-19-22-25-28-29-30-31-32-33-35-38-41-44-47-50-53-60(64)69-58(51-48-45-42-39-36-27-24-21-18-15-12-9-3)57(56-68-70(65,66)67-55-54-62(4,5)6)61-59(63)52-49-46-43-40-37-34-26-23-20-17-14-11-8-2/h34,37,43,46,48,51,57-58H,7-33,35-36,38-42,44-45,47,49-50,52-56H2,1-6H3,(H-,61,63,65,66)/b37-34-,46-43+,51-48-. The first kappa shape index (κ1) is 68.2. The molecule has 0 radical (unpaired) electrons. The Hall–Kier alpha value is -1.77. The molecule has 0 saturated heterocycles. The average molecular weight is 1010 g/mol. The lowest BCUT2D eigenvalue weighted by atomic mass is 10.0. The quantitative estimate of drug-likeness (QED) is 0.0212. The van der Waals surface area contributed by atoms with Crippen LogP contribution in [0.2, 0.25) is 0 Å². The number of likely N-dealkylation sites (N-methyl/N-ethyl adjacent to an activating group) is 1. The molecule has 0 aromatic rings. The van der Waals surface area contributed by atoms with Crippen LogP contribution in [0.3, 0.4) is 0 Å². The van der Waals surface area contributed by atoms with Crippen molar-refractivity contribution in [2.24, 2.45) is 0 Å². The number of carbonyl (C=O) groups excluding carboxylic acids is 2. The van der Waals surface area contributed by atoms with Gasteiger partial charge in [0.15, 0.2) is 0 Å². The summed E-state index contributed by atoms with van der Waals surface area (Å²) in [7, 11) is 1.16. The minimum absolute atomic E-state index is 0.0293. The van der Waals surface area contributed by atoms with Crippen molar-refractivity contribution in [3.63, 3.8) is 0 Å². The van der Waals surface area contributed by atoms with Crippen LogP contribution >= 0.6 is 7.82 Å². The Bertz CT molecular complexity index is 1300. The third kappa shape index (κ3) is 51.1. The van der Waals surface area contributed by atoms with Crippen molar-refractivity contribution in [2.45, 2.75) is 296 Å². The second kappa shape index (κ2) is 50.7. The lowest BCUT2D eigenvalue weighted by Crippen LogP contribution is -2.47. The Morgan fingerprint density at radius 1 is 0.500 bits per heavy atom. The molecule has 0 aromatic carbocycles. The van der Waals surface area contributed by atoms with Crippen molar-refractivity contribution in [3.05, 3.63) is 36.5 Å². The number of unbranched alkanes of at least 4 members (excludes halogenated alkanes) is 34. The first-order valence-electron chi connectivity index (χ1n) is 29.8. The number of amides is 1. The van der Waals surface area contributed by atoms with E-state index in [1.54, 1.807) is 0 Å². The number of phosphoric acid groups is 1. The Balaban J connectivity index is 5.30. The summed E-state index contributed by atoms with van der Waals surface area (Å²) in [4.78, 5) is 39.8. The minimum Gasteiger partial charge on any atom is -0.756 e. The largest absolute Gasteiger partial charge is 0.756 e. The van der Waals surface area contributed by atoms with Gasteiger partial charge in [-0.1, -0.05) is 257 Å². The smallest absolute Gasteiger partial charge is 0.306 e. The number of nitrogens with one attached hydrogen (secondary N) is 1. The van der Waals surface area contributed by atoms with Gasteiger partial charge >= 0.3 is 5.97 Å². The Labute approximate surface area is 434 Å². The highest BCUT2D eigenvalue weighted by Crippen LogP contribution is 2.38. The number of carbonyl (C=O) groups is 2. The molecule has 1 amide bonds. The summed E-state index contributed by atoms with van der Waals surface area (Å²) in [6.07, 6.45) is 59.9. The molecule has 3 unspecified atom stereocenters. The Kier molecular flexibility index (Phi) is 49.5. The molecule has 9 nitrogen and oxygen atoms in total. The predicted octanol–water partition coefficient (Wildman–Crippen LogP) is 17.3. The van der Waals surface area contributed by atoms with E-state index in [0.29, 0.717) is 17.4 Å². The maximum absolute atomic E-state index is 13.4. The van der Waals surface area contributed by atoms with Gasteiger partial charge in [0.05, 0.1) is 33.8 Å². The fourth-order valence-corrected chi connectivity index (χ4v) is 9.41. The lowest BCUT2D eigenvalue weighted by Gasteiger charge is -2.30. The first-order chi connectivity index (χ1) is 33.9. The molecule has 0 saturated carbocycles. The molecular formula is C60H115N2O7P. The van der Waals surface area contributed by atoms with Crippen LogP contribution in [0.4, 0.5) is 0 Å². The Morgan fingerprint density at radius 3 is 1.31 bits per heavy atom. The third-order valence-corrected chi connectivity index (χ3v) is 14.3. The van der Waals surface area contributed by atoms with Crippen LogP contribution in [0, 0.1) is 0 Å². The van der Waals surface area contributed by atoms with Crippen LogP contribution in [0.25, 0.3) is 0 Å². The van der Waals surface area contributed by atoms with Gasteiger partial charge in [-0.05, 0) is 51.0 Å². The van der Waals surface area contributed by atoms with E-state index < -0.39 is 26.6 Å². The van der Waals surface area contributed by atoms with Crippen molar-refractivity contribution in [1.29, 1.82) is 0 Å². The van der Waals surface area contributed by atoms with Gasteiger partial charge in [-0.2, -0.15) is 0 Å². The number of nitrogens with zero attached hydrogens (tertiary/aromatic N) is 1. The highest BCUT2D eigenvalue weighted by molar-refractivity contribution is 7.45. The summed E-state index contributed by atoms with van der Waals surface area (Å²) in [5.41, 5.74) is 0. The summed E-state index contributed by atoms with van der Waals surface area (Å²) in [5.74, 6) is -0.608. The number of hydrogen-bond donors (Lipinski definition) is 1. The highest BCUT2D eigenvalue weighted by atomic mass is 31.2. The predicted molar refractivity (Wildman–Crippen MR) is 298 cm³/mol. The van der Waals surface area contributed by atoms with Gasteiger partial charge in [-0.3, -0.25) is 14.2 Å². The van der Waals surface area contributed by atoms with Crippen molar-refractivity contribution < 1.29 is 37.3 Å². The zero-order valence-corrected chi connectivity index (χ0v) is 47.9. The van der Waals surface area contributed by atoms with Gasteiger partial charge < -0.3 is 28.5 Å². The minimum atomic E-state index is -4.70. The molecule has 10 heteroatoms. The summed E-state index contributed by atoms with van der Waals surface area (Å²) in [5, 5.41) is 2.98. The monoisotopic (exact) mass is 1010 g/mol. The van der Waals surface area contributed by atoms with Gasteiger partial charge in [0, 0.05) is 12.8 Å². The van der Waals surface area contributed by atoms with Crippen molar-refractivity contribution in [1.82, 2.24) is 5.32 Å². The lowest BCUT2D eigenvalue weighted by molar-refractivity contribution is -0.870. The molecule has 0 aliphatic heterocycles. The fraction of sp³-hybridized carbons (Fsp3) is 0.867. The van der Waals surface area contributed by atoms with Gasteiger partial charge in [-0.25, -0.2) is 0 Å². The molecule has 0 aliphatic rings. The topological polar surface area (TPSA) is 114 Å². The van der Waals surface area contributed by atoms with Crippen LogP contribution in [-0.4, -0.2) is 69.4 Å². The molecule has 0 bridgehead atoms. The van der Waals surface area contributed by atoms with E-state index in [4.69, 9.17) is 13.8 Å². The highest BCUT2D eigenvalue weighted by Gasteiger charge is 2.27. The van der Waals surface area contributed by atoms with E-state index in [9.17, 15) is 19.0 Å². The zero-order valence-electron chi connectivity index (χ0n) is 47.0. The molecule has 0 aliphatic carbocycles. The maximum Gasteiger partial charge on any atom is 0.306 e. The second-order valence-corrected chi connectivity index (χ2v) is 22.9. The SMILES string of the molecule is CCCCCCCC/C=C\C/C=C/CCC(=O)NC(COP(=O)([O-])OCC[N+](C)(C)C)C(/C=C\CCCCCCCCCCCC)OC(=O)CCCCCCCCCCCCCCCCCCCCC. The van der Waals surface area contributed by atoms with Gasteiger partial charge in [0.25, 0.3) is 7.82 Å². The summed E-state index contributed by atoms with van der Waals surface area (Å²) in [6.45, 7) is 6.81. The van der Waals surface area contributed by atoms with E-state index in [2.05, 4.69) is 44.3 Å². The van der Waals surface area contributed by atoms with Gasteiger partial charge in [0.2, 0.25) is 5.91 Å². The third-order valence-electron chi connectivity index (χ3n) is 13.3. The van der Waals surface area contributed by atoms with Crippen LogP contribution in [0.15, 0.2) is 36.5 Å². The molecular weight excluding hydrogens is 892 g/mol. The summed E-state index contributed by atoms with van der Waals surface area (Å²) < 4.78 is 30.2. The molecule has 1 N–H and O–H groups in total. The van der Waals surface area contributed by atoms with Crippen LogP contribution in [-0.2, 0) is 27.9 Å². The van der Waals surface area contributed by atoms with E-state index in [-0.39, 0.29) is 31.3 Å². The average Bonchev–Trinajstić information content (AvgIpc) is 3.32. The number of allylic oxidation sites excluding steroid dienone is 5. The number of esters is 1. The fourth-order valence-electron chi connectivity index (χ4n) is 8.69. The molecule has 0 heterocycles. The van der Waals surface area contributed by atoms with Gasteiger partial charge in [0.1, 0.15) is 19.3 Å². The van der Waals surface area contributed by atoms with Crippen molar-refractivity contribution in [2.75, 3.05) is 40.9 Å². The number of quaternary nitrogens is 1. The van der Waals surface area contributed by atoms with Crippen LogP contribution in [0.5, 0.6) is 0 Å². The van der Waals surface area contributed by atoms with Gasteiger partial charge in [-0.15, -0.1) is 0 Å². The molecule has 0 fully saturated rings. The number of hydrogen-bond acceptors (Lipinski definition) is 7. The number of phosphoric ester groups is 1. The Morgan fingerprint density at radius 2 is 0.886 bits per heavy atom. The zero-order chi connectivity index (χ0) is 51.5. The molecule has 412 valence electrons. The summed E-state index contributed by atoms with van der Waals surface area (Å²) in [6, 6.07) is -0.913. The molecule has 70 heavy (non-hydrogen) atoms. The van der Waals surface area contributed by atoms with Crippen molar-refractivity contribution in [3.8, 4) is 0 Å². The van der Waals surface area contributed by atoms with Crippen LogP contribution in [0.1, 0.15) is 284 Å². The van der Waals surface area contributed by atoms with Crippen LogP contribution < -0.4 is 10.2 Å². The number of ether oxygens (including phenoxy) is 1. The molecule has 0 spiro atoms. The maximum atomic E-state index is 13.4. The molecule has 0 aromatic heterocycles. The van der Waals surface area contributed by atoms with E-state index in [0.717, 1.165) is 51.4 Å². The van der Waals surface area contributed by atoms with E-state index >= 15 is 0 Å². The molecule has 3 atom stereocenters. The normalized spacial score (nSPS) is 14.0. The number of rotatable bonds is 54. The first-order valence-corrected chi connectivity index (χ1v) is 31.3. The summed E-state index contributed by atoms with van der Waals surface area (Å²) >= 11 is 0. The van der Waals surface area contributed by atoms with Crippen molar-refractivity contribution >= 4 is 19.7 Å². The molecule has 0 rings (SSSR count).